The van der Waals surface area contributed by atoms with Crippen molar-refractivity contribution >= 4 is 41.5 Å². The van der Waals surface area contributed by atoms with Gasteiger partial charge < -0.3 is 43.4 Å². The van der Waals surface area contributed by atoms with E-state index in [9.17, 15) is 24.0 Å². The molecule has 0 heterocycles. The Morgan fingerprint density at radius 3 is 1.34 bits per heavy atom. The van der Waals surface area contributed by atoms with E-state index >= 15 is 0 Å². The highest BCUT2D eigenvalue weighted by Gasteiger charge is 2.12. The molecule has 0 saturated heterocycles. The Balaban J connectivity index is -0.000000350. The first kappa shape index (κ1) is 31.3. The predicted octanol–water partition coefficient (Wildman–Crippen LogP) is -1.92. The molecule has 170 valence electrons. The number of rotatable bonds is 12. The van der Waals surface area contributed by atoms with E-state index in [1.165, 1.54) is 0 Å². The van der Waals surface area contributed by atoms with Crippen molar-refractivity contribution in [1.82, 2.24) is 0 Å². The van der Waals surface area contributed by atoms with E-state index in [1.807, 2.05) is 6.26 Å². The van der Waals surface area contributed by atoms with Gasteiger partial charge in [0.05, 0.1) is 0 Å². The molecule has 1 amide bonds. The Bertz CT molecular complexity index is 500. The SMILES string of the molecule is CSCCC(N)C(=O)O.NC(=O)CCC(N)C(=O)O.NC(CCC(=O)O)C(=O)O. The molecule has 3 atom stereocenters. The molecule has 0 rings (SSSR count). The van der Waals surface area contributed by atoms with Gasteiger partial charge >= 0.3 is 23.9 Å². The Kier molecular flexibility index (Phi) is 20.4. The number of hydrogen-bond acceptors (Lipinski definition) is 9. The zero-order chi connectivity index (χ0) is 23.6. The highest BCUT2D eigenvalue weighted by Crippen LogP contribution is 1.97. The predicted molar refractivity (Wildman–Crippen MR) is 105 cm³/mol. The van der Waals surface area contributed by atoms with Gasteiger partial charge in [0, 0.05) is 12.8 Å². The Morgan fingerprint density at radius 1 is 0.724 bits per heavy atom. The summed E-state index contributed by atoms with van der Waals surface area (Å²) in [5, 5.41) is 32.8. The molecule has 3 unspecified atom stereocenters. The molecule has 0 spiro atoms. The van der Waals surface area contributed by atoms with Gasteiger partial charge in [-0.15, -0.1) is 0 Å². The van der Waals surface area contributed by atoms with Crippen molar-refractivity contribution < 1.29 is 44.4 Å². The molecule has 0 radical (unpaired) electrons. The van der Waals surface area contributed by atoms with Gasteiger partial charge in [0.15, 0.2) is 0 Å². The van der Waals surface area contributed by atoms with Gasteiger partial charge in [0.2, 0.25) is 5.91 Å². The van der Waals surface area contributed by atoms with E-state index in [0.29, 0.717) is 6.42 Å². The largest absolute Gasteiger partial charge is 0.481 e. The smallest absolute Gasteiger partial charge is 0.320 e. The molecule has 0 aromatic carbocycles. The lowest BCUT2D eigenvalue weighted by Crippen LogP contribution is -2.31. The molecule has 0 aromatic rings. The van der Waals surface area contributed by atoms with Crippen LogP contribution in [0.5, 0.6) is 0 Å². The molecule has 13 nitrogen and oxygen atoms in total. The quantitative estimate of drug-likeness (QED) is 0.164. The summed E-state index contributed by atoms with van der Waals surface area (Å²) in [4.78, 5) is 50.1. The van der Waals surface area contributed by atoms with Crippen LogP contribution >= 0.6 is 11.8 Å². The van der Waals surface area contributed by atoms with E-state index in [4.69, 9.17) is 43.4 Å². The topological polar surface area (TPSA) is 270 Å². The minimum atomic E-state index is -1.17. The molecule has 0 fully saturated rings. The number of aliphatic carboxylic acids is 4. The number of hydrogen-bond donors (Lipinski definition) is 8. The average molecular weight is 442 g/mol. The number of amides is 1. The van der Waals surface area contributed by atoms with E-state index in [2.05, 4.69) is 0 Å². The van der Waals surface area contributed by atoms with Crippen LogP contribution in [0.1, 0.15) is 32.1 Å². The monoisotopic (exact) mass is 442 g/mol. The Hall–Kier alpha value is -2.42. The summed E-state index contributed by atoms with van der Waals surface area (Å²) < 4.78 is 0. The fraction of sp³-hybridized carbons (Fsp3) is 0.667. The van der Waals surface area contributed by atoms with Crippen LogP contribution in [0.3, 0.4) is 0 Å². The molecule has 0 aliphatic rings. The fourth-order valence-corrected chi connectivity index (χ4v) is 1.68. The summed E-state index contributed by atoms with van der Waals surface area (Å²) in [5.41, 5.74) is 20.0. The lowest BCUT2D eigenvalue weighted by atomic mass is 10.2. The van der Waals surface area contributed by atoms with Gasteiger partial charge in [0.25, 0.3) is 0 Å². The maximum atomic E-state index is 10.1. The van der Waals surface area contributed by atoms with Crippen LogP contribution in [0.2, 0.25) is 0 Å². The second-order valence-corrected chi connectivity index (χ2v) is 6.54. The summed E-state index contributed by atoms with van der Waals surface area (Å²) in [7, 11) is 0. The lowest BCUT2D eigenvalue weighted by molar-refractivity contribution is -0.141. The normalized spacial score (nSPS) is 12.7. The van der Waals surface area contributed by atoms with Crippen LogP contribution in [0.15, 0.2) is 0 Å². The zero-order valence-electron chi connectivity index (χ0n) is 16.0. The molecule has 0 saturated carbocycles. The number of carbonyl (C=O) groups is 5. The van der Waals surface area contributed by atoms with Crippen molar-refractivity contribution in [2.45, 2.75) is 50.2 Å². The Labute approximate surface area is 171 Å². The van der Waals surface area contributed by atoms with Gasteiger partial charge in [-0.05, 0) is 31.3 Å². The summed E-state index contributed by atoms with van der Waals surface area (Å²) in [6, 6.07) is -2.72. The van der Waals surface area contributed by atoms with Crippen molar-refractivity contribution in [3.63, 3.8) is 0 Å². The number of primary amides is 1. The van der Waals surface area contributed by atoms with Gasteiger partial charge in [-0.3, -0.25) is 24.0 Å². The van der Waals surface area contributed by atoms with Crippen LogP contribution in [0, 0.1) is 0 Å². The van der Waals surface area contributed by atoms with E-state index in [1.54, 1.807) is 11.8 Å². The maximum Gasteiger partial charge on any atom is 0.320 e. The standard InChI is InChI=1S/C5H10N2O3.C5H9NO4.C5H11NO2S/c2*6-3(5(9)10)1-2-4(7)8;1-9-3-2-4(6)5(7)8/h3H,1-2,6H2,(H2,7,8)(H,9,10);3H,1-2,6H2,(H,7,8)(H,9,10);4H,2-3,6H2,1H3,(H,7,8). The second kappa shape index (κ2) is 18.9. The first-order chi connectivity index (χ1) is 13.3. The van der Waals surface area contributed by atoms with Crippen molar-refractivity contribution in [1.29, 1.82) is 0 Å². The molecule has 0 aliphatic carbocycles. The van der Waals surface area contributed by atoms with Gasteiger partial charge in [0.1, 0.15) is 18.1 Å². The van der Waals surface area contributed by atoms with Crippen LogP contribution in [-0.2, 0) is 24.0 Å². The van der Waals surface area contributed by atoms with Gasteiger partial charge in [-0.25, -0.2) is 0 Å². The van der Waals surface area contributed by atoms with E-state index < -0.39 is 47.9 Å². The fourth-order valence-electron chi connectivity index (χ4n) is 1.19. The minimum absolute atomic E-state index is 0.0213. The van der Waals surface area contributed by atoms with Crippen molar-refractivity contribution in [3.8, 4) is 0 Å². The highest BCUT2D eigenvalue weighted by atomic mass is 32.2. The molecule has 0 bridgehead atoms. The molecule has 29 heavy (non-hydrogen) atoms. The summed E-state index contributed by atoms with van der Waals surface area (Å²) in [6.07, 6.45) is 2.38. The Morgan fingerprint density at radius 2 is 1.07 bits per heavy atom. The first-order valence-corrected chi connectivity index (χ1v) is 9.59. The van der Waals surface area contributed by atoms with Crippen molar-refractivity contribution in [2.24, 2.45) is 22.9 Å². The molecular weight excluding hydrogens is 412 g/mol. The number of carbonyl (C=O) groups excluding carboxylic acids is 1. The van der Waals surface area contributed by atoms with Crippen LogP contribution in [0.4, 0.5) is 0 Å². The number of carboxylic acids is 4. The molecule has 0 aliphatic heterocycles. The van der Waals surface area contributed by atoms with Gasteiger partial charge in [-0.2, -0.15) is 11.8 Å². The third-order valence-electron chi connectivity index (χ3n) is 2.96. The maximum absolute atomic E-state index is 10.1. The van der Waals surface area contributed by atoms with Crippen molar-refractivity contribution in [3.05, 3.63) is 0 Å². The first-order valence-electron chi connectivity index (χ1n) is 8.20. The molecule has 14 heteroatoms. The van der Waals surface area contributed by atoms with Crippen LogP contribution in [-0.4, -0.2) is 80.3 Å². The molecular formula is C15H30N4O9S. The molecule has 12 N–H and O–H groups in total. The van der Waals surface area contributed by atoms with Crippen LogP contribution in [0.25, 0.3) is 0 Å². The van der Waals surface area contributed by atoms with E-state index in [-0.39, 0.29) is 25.7 Å². The number of thioether (sulfide) groups is 1. The summed E-state index contributed by atoms with van der Waals surface area (Å²) in [5.74, 6) is -3.94. The molecule has 0 aromatic heterocycles. The third kappa shape index (κ3) is 25.6. The second-order valence-electron chi connectivity index (χ2n) is 5.55. The number of carboxylic acid groups (broad SMARTS) is 4. The highest BCUT2D eigenvalue weighted by molar-refractivity contribution is 7.98. The van der Waals surface area contributed by atoms with Gasteiger partial charge in [-0.1, -0.05) is 0 Å². The lowest BCUT2D eigenvalue weighted by Gasteiger charge is -2.02. The average Bonchev–Trinajstić information content (AvgIpc) is 2.62. The third-order valence-corrected chi connectivity index (χ3v) is 3.60. The summed E-state index contributed by atoms with van der Waals surface area (Å²) in [6.45, 7) is 0. The zero-order valence-corrected chi connectivity index (χ0v) is 16.8. The van der Waals surface area contributed by atoms with E-state index in [0.717, 1.165) is 5.75 Å². The van der Waals surface area contributed by atoms with Crippen LogP contribution < -0.4 is 22.9 Å². The van der Waals surface area contributed by atoms with Crippen molar-refractivity contribution in [2.75, 3.05) is 12.0 Å². The number of nitrogens with two attached hydrogens (primary N) is 4. The minimum Gasteiger partial charge on any atom is -0.481 e. The summed E-state index contributed by atoms with van der Waals surface area (Å²) >= 11 is 1.60.